The fourth-order valence-corrected chi connectivity index (χ4v) is 3.90. The number of carbonyl (C=O) groups is 2. The maximum atomic E-state index is 12.6. The SMILES string of the molecule is CC1(CCP(=O)(O)O)NC(=O)N(OCCc2ccccc2)C1=NC(=O)Nc1ccccc1. The number of hydroxylamine groups is 2. The van der Waals surface area contributed by atoms with Crippen LogP contribution in [0.4, 0.5) is 15.3 Å². The Morgan fingerprint density at radius 1 is 1.16 bits per heavy atom. The first-order valence-electron chi connectivity index (χ1n) is 9.95. The molecule has 1 saturated heterocycles. The van der Waals surface area contributed by atoms with Crippen molar-refractivity contribution >= 4 is 31.2 Å². The number of nitrogens with one attached hydrogen (secondary N) is 2. The van der Waals surface area contributed by atoms with Crippen LogP contribution in [0, 0.1) is 0 Å². The van der Waals surface area contributed by atoms with Crippen molar-refractivity contribution in [1.29, 1.82) is 0 Å². The van der Waals surface area contributed by atoms with Crippen molar-refractivity contribution in [3.63, 3.8) is 0 Å². The molecule has 1 unspecified atom stereocenters. The normalized spacial score (nSPS) is 19.8. The van der Waals surface area contributed by atoms with E-state index in [-0.39, 0.29) is 18.9 Å². The molecule has 1 aliphatic rings. The van der Waals surface area contributed by atoms with Crippen LogP contribution in [0.5, 0.6) is 0 Å². The van der Waals surface area contributed by atoms with Crippen molar-refractivity contribution in [2.75, 3.05) is 18.1 Å². The van der Waals surface area contributed by atoms with Crippen LogP contribution in [0.1, 0.15) is 18.9 Å². The summed E-state index contributed by atoms with van der Waals surface area (Å²) in [7, 11) is -4.34. The second kappa shape index (κ2) is 10.1. The van der Waals surface area contributed by atoms with Gasteiger partial charge in [0, 0.05) is 5.69 Å². The number of hydrogen-bond acceptors (Lipinski definition) is 4. The standard InChI is InChI=1S/C21H25N4O6P/c1-21(13-15-32(28,29)30)18(23-19(26)22-17-10-6-3-7-11-17)25(20(27)24-21)31-14-12-16-8-4-2-5-9-16/h2-11H,12-15H2,1H3,(H,22,26)(H,24,27)(H2,28,29,30). The van der Waals surface area contributed by atoms with Crippen LogP contribution >= 0.6 is 7.60 Å². The Balaban J connectivity index is 1.79. The Bertz CT molecular complexity index is 1030. The van der Waals surface area contributed by atoms with Gasteiger partial charge in [0.2, 0.25) is 0 Å². The van der Waals surface area contributed by atoms with Crippen LogP contribution in [0.2, 0.25) is 0 Å². The molecule has 1 atom stereocenters. The first-order valence-corrected chi connectivity index (χ1v) is 11.7. The number of hydrogen-bond donors (Lipinski definition) is 4. The molecule has 3 rings (SSSR count). The van der Waals surface area contributed by atoms with Crippen molar-refractivity contribution in [2.45, 2.75) is 25.3 Å². The molecule has 1 heterocycles. The van der Waals surface area contributed by atoms with Gasteiger partial charge >= 0.3 is 19.7 Å². The predicted octanol–water partition coefficient (Wildman–Crippen LogP) is 3.14. The molecular formula is C21H25N4O6P. The highest BCUT2D eigenvalue weighted by Crippen LogP contribution is 2.38. The van der Waals surface area contributed by atoms with Gasteiger partial charge in [0.05, 0.1) is 12.8 Å². The van der Waals surface area contributed by atoms with Gasteiger partial charge in [0.15, 0.2) is 5.84 Å². The zero-order valence-corrected chi connectivity index (χ0v) is 18.4. The van der Waals surface area contributed by atoms with Crippen LogP contribution in [-0.2, 0) is 15.8 Å². The van der Waals surface area contributed by atoms with E-state index in [0.717, 1.165) is 10.6 Å². The van der Waals surface area contributed by atoms with Gasteiger partial charge < -0.3 is 20.4 Å². The Labute approximate surface area is 185 Å². The van der Waals surface area contributed by atoms with E-state index in [4.69, 9.17) is 4.84 Å². The molecule has 0 spiro atoms. The molecule has 32 heavy (non-hydrogen) atoms. The van der Waals surface area contributed by atoms with E-state index >= 15 is 0 Å². The summed E-state index contributed by atoms with van der Waals surface area (Å²) >= 11 is 0. The average Bonchev–Trinajstić information content (AvgIpc) is 2.97. The first kappa shape index (κ1) is 23.6. The topological polar surface area (TPSA) is 141 Å². The molecule has 1 aliphatic heterocycles. The number of anilines is 1. The summed E-state index contributed by atoms with van der Waals surface area (Å²) < 4.78 is 11.4. The Hall–Kier alpha value is -3.04. The minimum Gasteiger partial charge on any atom is -0.324 e. The molecular weight excluding hydrogens is 435 g/mol. The summed E-state index contributed by atoms with van der Waals surface area (Å²) in [5, 5.41) is 6.11. The third-order valence-electron chi connectivity index (χ3n) is 4.84. The number of para-hydroxylation sites is 1. The van der Waals surface area contributed by atoms with E-state index < -0.39 is 31.4 Å². The second-order valence-electron chi connectivity index (χ2n) is 7.50. The van der Waals surface area contributed by atoms with E-state index in [9.17, 15) is 23.9 Å². The fourth-order valence-electron chi connectivity index (χ4n) is 3.16. The van der Waals surface area contributed by atoms with Crippen LogP contribution in [0.3, 0.4) is 0 Å². The van der Waals surface area contributed by atoms with E-state index in [2.05, 4.69) is 15.6 Å². The predicted molar refractivity (Wildman–Crippen MR) is 119 cm³/mol. The lowest BCUT2D eigenvalue weighted by Gasteiger charge is -2.25. The summed E-state index contributed by atoms with van der Waals surface area (Å²) in [6.07, 6.45) is -0.132. The molecule has 0 radical (unpaired) electrons. The number of aliphatic imine (C=N–C) groups is 1. The summed E-state index contributed by atoms with van der Waals surface area (Å²) in [6, 6.07) is 16.7. The highest BCUT2D eigenvalue weighted by Gasteiger charge is 2.48. The van der Waals surface area contributed by atoms with Crippen LogP contribution in [0.15, 0.2) is 65.7 Å². The van der Waals surface area contributed by atoms with Crippen LogP contribution < -0.4 is 10.6 Å². The molecule has 4 N–H and O–H groups in total. The molecule has 0 aliphatic carbocycles. The highest BCUT2D eigenvalue weighted by atomic mass is 31.2. The molecule has 10 nitrogen and oxygen atoms in total. The lowest BCUT2D eigenvalue weighted by Crippen LogP contribution is -2.45. The first-order chi connectivity index (χ1) is 15.2. The van der Waals surface area contributed by atoms with Gasteiger partial charge in [-0.1, -0.05) is 48.5 Å². The number of rotatable bonds is 8. The molecule has 2 aromatic rings. The second-order valence-corrected chi connectivity index (χ2v) is 9.27. The maximum absolute atomic E-state index is 12.6. The average molecular weight is 460 g/mol. The summed E-state index contributed by atoms with van der Waals surface area (Å²) in [5.74, 6) is -0.0718. The lowest BCUT2D eigenvalue weighted by molar-refractivity contribution is -0.0547. The Morgan fingerprint density at radius 2 is 1.78 bits per heavy atom. The van der Waals surface area contributed by atoms with E-state index in [1.165, 1.54) is 6.92 Å². The van der Waals surface area contributed by atoms with E-state index in [0.29, 0.717) is 12.1 Å². The highest BCUT2D eigenvalue weighted by molar-refractivity contribution is 7.51. The number of benzene rings is 2. The van der Waals surface area contributed by atoms with E-state index in [1.807, 2.05) is 30.3 Å². The fraction of sp³-hybridized carbons (Fsp3) is 0.286. The van der Waals surface area contributed by atoms with Gasteiger partial charge in [-0.15, -0.1) is 0 Å². The number of amides is 4. The molecule has 170 valence electrons. The van der Waals surface area contributed by atoms with E-state index in [1.54, 1.807) is 30.3 Å². The van der Waals surface area contributed by atoms with Gasteiger partial charge in [-0.05, 0) is 37.5 Å². The molecule has 0 aromatic heterocycles. The van der Waals surface area contributed by atoms with Crippen molar-refractivity contribution in [2.24, 2.45) is 4.99 Å². The zero-order valence-electron chi connectivity index (χ0n) is 17.5. The molecule has 11 heteroatoms. The lowest BCUT2D eigenvalue weighted by atomic mass is 9.99. The number of urea groups is 2. The van der Waals surface area contributed by atoms with Crippen LogP contribution in [0.25, 0.3) is 0 Å². The van der Waals surface area contributed by atoms with Crippen molar-refractivity contribution < 1.29 is 28.8 Å². The molecule has 4 amide bonds. The number of nitrogens with zero attached hydrogens (tertiary/aromatic N) is 2. The molecule has 2 aromatic carbocycles. The summed E-state index contributed by atoms with van der Waals surface area (Å²) in [4.78, 5) is 53.3. The van der Waals surface area contributed by atoms with Gasteiger partial charge in [0.25, 0.3) is 0 Å². The largest absolute Gasteiger partial charge is 0.348 e. The van der Waals surface area contributed by atoms with Gasteiger partial charge in [-0.2, -0.15) is 10.1 Å². The quantitative estimate of drug-likeness (QED) is 0.446. The molecule has 0 saturated carbocycles. The third-order valence-corrected chi connectivity index (χ3v) is 5.65. The smallest absolute Gasteiger partial charge is 0.324 e. The monoisotopic (exact) mass is 460 g/mol. The van der Waals surface area contributed by atoms with Crippen molar-refractivity contribution in [3.05, 3.63) is 66.2 Å². The number of amidine groups is 1. The zero-order chi connectivity index (χ0) is 23.2. The minimum absolute atomic E-state index is 0.0718. The van der Waals surface area contributed by atoms with Crippen LogP contribution in [-0.4, -0.2) is 51.1 Å². The number of carbonyl (C=O) groups excluding carboxylic acids is 2. The van der Waals surface area contributed by atoms with Gasteiger partial charge in [0.1, 0.15) is 5.54 Å². The Kier molecular flexibility index (Phi) is 7.42. The maximum Gasteiger partial charge on any atom is 0.348 e. The van der Waals surface area contributed by atoms with Gasteiger partial charge in [-0.25, -0.2) is 9.59 Å². The van der Waals surface area contributed by atoms with Gasteiger partial charge in [-0.3, -0.25) is 9.40 Å². The molecule has 1 fully saturated rings. The molecule has 0 bridgehead atoms. The van der Waals surface area contributed by atoms with Crippen molar-refractivity contribution in [3.8, 4) is 0 Å². The third kappa shape index (κ3) is 6.48. The van der Waals surface area contributed by atoms with Crippen molar-refractivity contribution in [1.82, 2.24) is 10.4 Å². The summed E-state index contributed by atoms with van der Waals surface area (Å²) in [5.41, 5.74) is 0.197. The Morgan fingerprint density at radius 3 is 2.41 bits per heavy atom. The summed E-state index contributed by atoms with van der Waals surface area (Å²) in [6.45, 7) is 1.67. The minimum atomic E-state index is -4.34.